The zero-order chi connectivity index (χ0) is 14.8. The Labute approximate surface area is 121 Å². The van der Waals surface area contributed by atoms with Crippen LogP contribution in [0.5, 0.6) is 5.75 Å². The number of aryl methyl sites for hydroxylation is 1. The van der Waals surface area contributed by atoms with Crippen molar-refractivity contribution in [2.75, 3.05) is 6.54 Å². The summed E-state index contributed by atoms with van der Waals surface area (Å²) >= 11 is 0. The lowest BCUT2D eigenvalue weighted by Crippen LogP contribution is -2.39. The second kappa shape index (κ2) is 5.39. The van der Waals surface area contributed by atoms with Crippen molar-refractivity contribution in [2.45, 2.75) is 19.6 Å². The second-order valence-corrected chi connectivity index (χ2v) is 4.87. The molecule has 0 unspecified atom stereocenters. The van der Waals surface area contributed by atoms with Crippen molar-refractivity contribution in [3.8, 4) is 5.75 Å². The summed E-state index contributed by atoms with van der Waals surface area (Å²) in [4.78, 5) is 20.7. The molecular formula is C13H16N6O2. The van der Waals surface area contributed by atoms with E-state index in [1.54, 1.807) is 17.3 Å². The van der Waals surface area contributed by atoms with Crippen molar-refractivity contribution in [3.05, 3.63) is 35.7 Å². The van der Waals surface area contributed by atoms with E-state index in [4.69, 9.17) is 10.5 Å². The number of aromatic nitrogens is 4. The standard InChI is InChI=1S/C13H16N6O2/c1-18-12-2-3-19(13(14)20)6-10(12)11(17-18)7-21-9-4-15-8-16-5-9/h4-5,8H,2-3,6-7H2,1H3,(H2,14,20). The van der Waals surface area contributed by atoms with E-state index < -0.39 is 6.03 Å². The van der Waals surface area contributed by atoms with Crippen LogP contribution in [-0.2, 0) is 26.6 Å². The first-order chi connectivity index (χ1) is 10.1. The van der Waals surface area contributed by atoms with Crippen molar-refractivity contribution in [1.29, 1.82) is 0 Å². The topological polar surface area (TPSA) is 99.2 Å². The van der Waals surface area contributed by atoms with Gasteiger partial charge in [0.1, 0.15) is 18.6 Å². The lowest BCUT2D eigenvalue weighted by molar-refractivity contribution is 0.201. The third-order valence-electron chi connectivity index (χ3n) is 3.55. The van der Waals surface area contributed by atoms with Crippen molar-refractivity contribution in [2.24, 2.45) is 12.8 Å². The minimum Gasteiger partial charge on any atom is -0.484 e. The average molecular weight is 288 g/mol. The number of nitrogens with two attached hydrogens (primary N) is 1. The maximum Gasteiger partial charge on any atom is 0.315 e. The SMILES string of the molecule is Cn1nc(COc2cncnc2)c2c1CCN(C(N)=O)C2. The molecule has 3 rings (SSSR count). The summed E-state index contributed by atoms with van der Waals surface area (Å²) in [5.74, 6) is 0.583. The smallest absolute Gasteiger partial charge is 0.315 e. The summed E-state index contributed by atoms with van der Waals surface area (Å²) in [5.41, 5.74) is 8.30. The molecule has 2 aromatic heterocycles. The Morgan fingerprint density at radius 1 is 1.43 bits per heavy atom. The lowest BCUT2D eigenvalue weighted by atomic mass is 10.1. The molecule has 0 saturated heterocycles. The normalized spacial score (nSPS) is 13.9. The Balaban J connectivity index is 1.79. The molecule has 0 fully saturated rings. The molecule has 0 aromatic carbocycles. The monoisotopic (exact) mass is 288 g/mol. The molecule has 110 valence electrons. The lowest BCUT2D eigenvalue weighted by Gasteiger charge is -2.25. The Hall–Kier alpha value is -2.64. The molecule has 0 saturated carbocycles. The van der Waals surface area contributed by atoms with Gasteiger partial charge in [-0.15, -0.1) is 0 Å². The van der Waals surface area contributed by atoms with Crippen LogP contribution in [0.2, 0.25) is 0 Å². The molecule has 1 aliphatic rings. The van der Waals surface area contributed by atoms with E-state index >= 15 is 0 Å². The number of hydrogen-bond acceptors (Lipinski definition) is 5. The van der Waals surface area contributed by atoms with Crippen LogP contribution >= 0.6 is 0 Å². The number of fused-ring (bicyclic) bond motifs is 1. The summed E-state index contributed by atoms with van der Waals surface area (Å²) in [6.45, 7) is 1.40. The average Bonchev–Trinajstić information content (AvgIpc) is 2.82. The van der Waals surface area contributed by atoms with Crippen LogP contribution < -0.4 is 10.5 Å². The van der Waals surface area contributed by atoms with E-state index in [0.29, 0.717) is 25.4 Å². The summed E-state index contributed by atoms with van der Waals surface area (Å²) in [7, 11) is 1.90. The largest absolute Gasteiger partial charge is 0.484 e. The van der Waals surface area contributed by atoms with Crippen molar-refractivity contribution in [3.63, 3.8) is 0 Å². The van der Waals surface area contributed by atoms with Crippen molar-refractivity contribution in [1.82, 2.24) is 24.6 Å². The van der Waals surface area contributed by atoms with Gasteiger partial charge in [-0.1, -0.05) is 0 Å². The predicted molar refractivity (Wildman–Crippen MR) is 73.3 cm³/mol. The van der Waals surface area contributed by atoms with Gasteiger partial charge in [0, 0.05) is 31.3 Å². The van der Waals surface area contributed by atoms with E-state index in [2.05, 4.69) is 15.1 Å². The third kappa shape index (κ3) is 2.64. The number of hydrogen-bond donors (Lipinski definition) is 1. The highest BCUT2D eigenvalue weighted by atomic mass is 16.5. The number of urea groups is 1. The highest BCUT2D eigenvalue weighted by Gasteiger charge is 2.25. The number of amides is 2. The van der Waals surface area contributed by atoms with Crippen LogP contribution in [0.15, 0.2) is 18.7 Å². The number of carbonyl (C=O) groups is 1. The first-order valence-electron chi connectivity index (χ1n) is 6.61. The first-order valence-corrected chi connectivity index (χ1v) is 6.61. The van der Waals surface area contributed by atoms with Gasteiger partial charge in [-0.2, -0.15) is 5.10 Å². The summed E-state index contributed by atoms with van der Waals surface area (Å²) in [5, 5.41) is 4.47. The number of carbonyl (C=O) groups excluding carboxylic acids is 1. The summed E-state index contributed by atoms with van der Waals surface area (Å²) in [6, 6.07) is -0.409. The molecule has 0 radical (unpaired) electrons. The van der Waals surface area contributed by atoms with Crippen molar-refractivity contribution < 1.29 is 9.53 Å². The van der Waals surface area contributed by atoms with Gasteiger partial charge in [-0.3, -0.25) is 4.68 Å². The third-order valence-corrected chi connectivity index (χ3v) is 3.55. The molecule has 1 aliphatic heterocycles. The quantitative estimate of drug-likeness (QED) is 0.871. The molecule has 2 amide bonds. The van der Waals surface area contributed by atoms with Crippen LogP contribution in [0.4, 0.5) is 4.79 Å². The molecule has 2 aromatic rings. The van der Waals surface area contributed by atoms with Gasteiger partial charge in [-0.25, -0.2) is 14.8 Å². The fraction of sp³-hybridized carbons (Fsp3) is 0.385. The van der Waals surface area contributed by atoms with E-state index in [1.807, 2.05) is 11.7 Å². The van der Waals surface area contributed by atoms with Gasteiger partial charge in [-0.05, 0) is 0 Å². The zero-order valence-corrected chi connectivity index (χ0v) is 11.7. The molecule has 3 heterocycles. The maximum absolute atomic E-state index is 11.3. The van der Waals surface area contributed by atoms with Gasteiger partial charge >= 0.3 is 6.03 Å². The van der Waals surface area contributed by atoms with Gasteiger partial charge in [0.15, 0.2) is 5.75 Å². The van der Waals surface area contributed by atoms with E-state index in [1.165, 1.54) is 6.33 Å². The zero-order valence-electron chi connectivity index (χ0n) is 11.7. The highest BCUT2D eigenvalue weighted by molar-refractivity contribution is 5.72. The van der Waals surface area contributed by atoms with Gasteiger partial charge < -0.3 is 15.4 Å². The maximum atomic E-state index is 11.3. The predicted octanol–water partition coefficient (Wildman–Crippen LogP) is 0.226. The number of rotatable bonds is 3. The Morgan fingerprint density at radius 3 is 2.90 bits per heavy atom. The molecule has 0 atom stereocenters. The minimum atomic E-state index is -0.409. The van der Waals surface area contributed by atoms with Crippen LogP contribution in [-0.4, -0.2) is 37.2 Å². The van der Waals surface area contributed by atoms with Gasteiger partial charge in [0.05, 0.1) is 18.9 Å². The van der Waals surface area contributed by atoms with E-state index in [-0.39, 0.29) is 0 Å². The Kier molecular flexibility index (Phi) is 3.43. The minimum absolute atomic E-state index is 0.309. The molecule has 0 aliphatic carbocycles. The Morgan fingerprint density at radius 2 is 2.19 bits per heavy atom. The van der Waals surface area contributed by atoms with Crippen LogP contribution in [0.1, 0.15) is 17.0 Å². The molecule has 8 nitrogen and oxygen atoms in total. The van der Waals surface area contributed by atoms with Crippen LogP contribution in [0.25, 0.3) is 0 Å². The molecule has 8 heteroatoms. The molecule has 2 N–H and O–H groups in total. The molecule has 21 heavy (non-hydrogen) atoms. The van der Waals surface area contributed by atoms with E-state index in [9.17, 15) is 4.79 Å². The number of ether oxygens (including phenoxy) is 1. The summed E-state index contributed by atoms with van der Waals surface area (Å²) < 4.78 is 7.47. The molecule has 0 bridgehead atoms. The molecule has 0 spiro atoms. The van der Waals surface area contributed by atoms with Crippen molar-refractivity contribution >= 4 is 6.03 Å². The summed E-state index contributed by atoms with van der Waals surface area (Å²) in [6.07, 6.45) is 5.38. The fourth-order valence-corrected chi connectivity index (χ4v) is 2.49. The second-order valence-electron chi connectivity index (χ2n) is 4.87. The van der Waals surface area contributed by atoms with E-state index in [0.717, 1.165) is 23.4 Å². The van der Waals surface area contributed by atoms with Crippen LogP contribution in [0, 0.1) is 0 Å². The highest BCUT2D eigenvalue weighted by Crippen LogP contribution is 2.23. The van der Waals surface area contributed by atoms with Gasteiger partial charge in [0.2, 0.25) is 0 Å². The number of primary amides is 1. The fourth-order valence-electron chi connectivity index (χ4n) is 2.49. The van der Waals surface area contributed by atoms with Crippen LogP contribution in [0.3, 0.4) is 0 Å². The molecular weight excluding hydrogens is 272 g/mol. The Bertz CT molecular complexity index is 654. The first kappa shape index (κ1) is 13.3. The van der Waals surface area contributed by atoms with Gasteiger partial charge in [0.25, 0.3) is 0 Å². The number of nitrogens with zero attached hydrogens (tertiary/aromatic N) is 5.